The van der Waals surface area contributed by atoms with Crippen molar-refractivity contribution in [1.82, 2.24) is 15.0 Å². The molecule has 0 radical (unpaired) electrons. The summed E-state index contributed by atoms with van der Waals surface area (Å²) in [7, 11) is -1.32. The average molecular weight is 716 g/mol. The fourth-order valence-electron chi connectivity index (χ4n) is 7.00. The number of rotatable bonds is 7. The fraction of sp³-hybridized carbons (Fsp3) is 0.0625. The van der Waals surface area contributed by atoms with Gasteiger partial charge in [0.25, 0.3) is 0 Å². The van der Waals surface area contributed by atoms with Crippen LogP contribution < -0.4 is 5.19 Å². The van der Waals surface area contributed by atoms with Crippen LogP contribution in [0.15, 0.2) is 170 Å². The zero-order valence-corrected chi connectivity index (χ0v) is 31.7. The molecule has 0 aliphatic carbocycles. The van der Waals surface area contributed by atoms with E-state index in [4.69, 9.17) is 15.0 Å². The van der Waals surface area contributed by atoms with Crippen LogP contribution in [0.3, 0.4) is 0 Å². The number of hydrogen-bond donors (Lipinski definition) is 0. The molecule has 0 saturated carbocycles. The first-order valence-electron chi connectivity index (χ1n) is 18.0. The van der Waals surface area contributed by atoms with E-state index in [2.05, 4.69) is 171 Å². The highest BCUT2D eigenvalue weighted by Crippen LogP contribution is 2.40. The third-order valence-corrected chi connectivity index (χ3v) is 13.2. The molecule has 9 rings (SSSR count). The van der Waals surface area contributed by atoms with E-state index in [9.17, 15) is 0 Å². The molecule has 254 valence electrons. The minimum Gasteiger partial charge on any atom is -0.208 e. The Morgan fingerprint density at radius 3 is 1.53 bits per heavy atom. The van der Waals surface area contributed by atoms with Crippen molar-refractivity contribution in [2.75, 3.05) is 0 Å². The van der Waals surface area contributed by atoms with Gasteiger partial charge >= 0.3 is 0 Å². The third kappa shape index (κ3) is 6.50. The van der Waals surface area contributed by atoms with Gasteiger partial charge in [0.05, 0.1) is 8.07 Å². The molecule has 9 aromatic rings. The average Bonchev–Trinajstić information content (AvgIpc) is 3.60. The van der Waals surface area contributed by atoms with Gasteiger partial charge in [-0.1, -0.05) is 170 Å². The van der Waals surface area contributed by atoms with Crippen LogP contribution in [0.5, 0.6) is 0 Å². The van der Waals surface area contributed by atoms with Crippen LogP contribution in [0.4, 0.5) is 0 Å². The largest absolute Gasteiger partial charge is 0.208 e. The Morgan fingerprint density at radius 2 is 0.849 bits per heavy atom. The van der Waals surface area contributed by atoms with E-state index in [1.54, 1.807) is 11.3 Å². The minimum atomic E-state index is -1.32. The van der Waals surface area contributed by atoms with Crippen LogP contribution in [-0.2, 0) is 0 Å². The van der Waals surface area contributed by atoms with Gasteiger partial charge in [0.1, 0.15) is 0 Å². The lowest BCUT2D eigenvalue weighted by atomic mass is 9.96. The summed E-state index contributed by atoms with van der Waals surface area (Å²) in [6, 6.07) is 60.5. The molecule has 5 heteroatoms. The van der Waals surface area contributed by atoms with Crippen molar-refractivity contribution in [3.63, 3.8) is 0 Å². The maximum atomic E-state index is 5.16. The number of hydrogen-bond acceptors (Lipinski definition) is 4. The standard InChI is InChI=1S/C48H37N3SSi/c1-53(2,3)40-28-26-33(27-29-40)32-22-24-34(25-23-32)36-14-9-15-37(30-36)38-16-10-17-39(31-38)47-49-46(35-12-5-4-6-13-35)50-48(51-47)43-20-11-19-42-41-18-7-8-21-44(41)52-45(42)43/h4-31H,1-3H3. The summed E-state index contributed by atoms with van der Waals surface area (Å²) in [5.74, 6) is 1.99. The van der Waals surface area contributed by atoms with E-state index in [1.807, 2.05) is 18.2 Å². The van der Waals surface area contributed by atoms with E-state index in [0.717, 1.165) is 27.8 Å². The van der Waals surface area contributed by atoms with Gasteiger partial charge < -0.3 is 0 Å². The van der Waals surface area contributed by atoms with Crippen molar-refractivity contribution >= 4 is 44.8 Å². The van der Waals surface area contributed by atoms with Crippen molar-refractivity contribution < 1.29 is 0 Å². The van der Waals surface area contributed by atoms with Crippen molar-refractivity contribution in [2.24, 2.45) is 0 Å². The minimum absolute atomic E-state index is 0.651. The van der Waals surface area contributed by atoms with Crippen molar-refractivity contribution in [1.29, 1.82) is 0 Å². The molecule has 0 amide bonds. The molecule has 0 aliphatic heterocycles. The Kier molecular flexibility index (Phi) is 8.38. The van der Waals surface area contributed by atoms with Gasteiger partial charge in [-0.25, -0.2) is 15.0 Å². The Balaban J connectivity index is 1.08. The van der Waals surface area contributed by atoms with Crippen molar-refractivity contribution in [3.8, 4) is 67.5 Å². The molecule has 0 atom stereocenters. The molecule has 0 fully saturated rings. The Hall–Kier alpha value is -6.01. The first-order chi connectivity index (χ1) is 25.9. The van der Waals surface area contributed by atoms with Gasteiger partial charge in [0.15, 0.2) is 17.5 Å². The highest BCUT2D eigenvalue weighted by atomic mass is 32.1. The number of benzene rings is 7. The van der Waals surface area contributed by atoms with Gasteiger partial charge in [-0.05, 0) is 57.6 Å². The number of thiophene rings is 1. The van der Waals surface area contributed by atoms with Crippen LogP contribution in [0.2, 0.25) is 19.6 Å². The first-order valence-corrected chi connectivity index (χ1v) is 22.3. The lowest BCUT2D eigenvalue weighted by Crippen LogP contribution is -2.37. The van der Waals surface area contributed by atoms with Gasteiger partial charge in [0.2, 0.25) is 0 Å². The molecule has 3 nitrogen and oxygen atoms in total. The third-order valence-electron chi connectivity index (χ3n) is 9.93. The van der Waals surface area contributed by atoms with Gasteiger partial charge in [-0.2, -0.15) is 0 Å². The smallest absolute Gasteiger partial charge is 0.165 e. The summed E-state index contributed by atoms with van der Waals surface area (Å²) < 4.78 is 2.44. The second kappa shape index (κ2) is 13.5. The molecule has 53 heavy (non-hydrogen) atoms. The maximum Gasteiger partial charge on any atom is 0.165 e. The summed E-state index contributed by atoms with van der Waals surface area (Å²) in [6.07, 6.45) is 0. The highest BCUT2D eigenvalue weighted by Gasteiger charge is 2.18. The summed E-state index contributed by atoms with van der Waals surface area (Å²) in [6.45, 7) is 7.17. The van der Waals surface area contributed by atoms with Crippen LogP contribution in [-0.4, -0.2) is 23.0 Å². The molecule has 0 saturated heterocycles. The number of aromatic nitrogens is 3. The Labute approximate surface area is 315 Å². The zero-order chi connectivity index (χ0) is 35.9. The van der Waals surface area contributed by atoms with E-state index in [-0.39, 0.29) is 0 Å². The molecule has 0 bridgehead atoms. The summed E-state index contributed by atoms with van der Waals surface area (Å²) in [5, 5.41) is 3.96. The predicted octanol–water partition coefficient (Wildman–Crippen LogP) is 12.8. The monoisotopic (exact) mass is 715 g/mol. The van der Waals surface area contributed by atoms with Crippen molar-refractivity contribution in [2.45, 2.75) is 19.6 Å². The molecular formula is C48H37N3SSi. The van der Waals surface area contributed by atoms with Crippen LogP contribution in [0.25, 0.3) is 87.7 Å². The molecule has 0 unspecified atom stereocenters. The molecular weight excluding hydrogens is 679 g/mol. The fourth-order valence-corrected chi connectivity index (χ4v) is 9.38. The topological polar surface area (TPSA) is 38.7 Å². The molecule has 2 heterocycles. The maximum absolute atomic E-state index is 5.16. The summed E-state index contributed by atoms with van der Waals surface area (Å²) in [5.41, 5.74) is 10.0. The number of nitrogens with zero attached hydrogens (tertiary/aromatic N) is 3. The van der Waals surface area contributed by atoms with Crippen LogP contribution in [0, 0.1) is 0 Å². The Bertz CT molecular complexity index is 2750. The normalized spacial score (nSPS) is 11.7. The van der Waals surface area contributed by atoms with Gasteiger partial charge in [0, 0.05) is 36.9 Å². The van der Waals surface area contributed by atoms with Gasteiger partial charge in [-0.3, -0.25) is 0 Å². The molecule has 0 spiro atoms. The van der Waals surface area contributed by atoms with Crippen LogP contribution in [0.1, 0.15) is 0 Å². The molecule has 0 N–H and O–H groups in total. The lowest BCUT2D eigenvalue weighted by Gasteiger charge is -2.16. The van der Waals surface area contributed by atoms with Crippen LogP contribution >= 0.6 is 11.3 Å². The Morgan fingerprint density at radius 1 is 0.377 bits per heavy atom. The second-order valence-corrected chi connectivity index (χ2v) is 20.6. The molecule has 7 aromatic carbocycles. The lowest BCUT2D eigenvalue weighted by molar-refractivity contribution is 1.08. The molecule has 2 aromatic heterocycles. The quantitative estimate of drug-likeness (QED) is 0.154. The van der Waals surface area contributed by atoms with E-state index >= 15 is 0 Å². The molecule has 0 aliphatic rings. The second-order valence-electron chi connectivity index (χ2n) is 14.5. The van der Waals surface area contributed by atoms with E-state index < -0.39 is 8.07 Å². The van der Waals surface area contributed by atoms with Gasteiger partial charge in [-0.15, -0.1) is 11.3 Å². The van der Waals surface area contributed by atoms with E-state index in [0.29, 0.717) is 17.5 Å². The SMILES string of the molecule is C[Si](C)(C)c1ccc(-c2ccc(-c3cccc(-c4cccc(-c5nc(-c6ccccc6)nc(-c6cccc7c6sc6ccccc67)n5)c4)c3)cc2)cc1. The number of fused-ring (bicyclic) bond motifs is 3. The first kappa shape index (κ1) is 32.9. The van der Waals surface area contributed by atoms with E-state index in [1.165, 1.54) is 47.6 Å². The highest BCUT2D eigenvalue weighted by molar-refractivity contribution is 7.26. The summed E-state index contributed by atoms with van der Waals surface area (Å²) in [4.78, 5) is 15.3. The zero-order valence-electron chi connectivity index (χ0n) is 29.9. The summed E-state index contributed by atoms with van der Waals surface area (Å²) >= 11 is 1.79. The predicted molar refractivity (Wildman–Crippen MR) is 228 cm³/mol. The van der Waals surface area contributed by atoms with Crippen molar-refractivity contribution in [3.05, 3.63) is 170 Å².